The smallest absolute Gasteiger partial charge is 0.340 e. The molecule has 0 aliphatic heterocycles. The summed E-state index contributed by atoms with van der Waals surface area (Å²) in [5, 5.41) is 14.5. The van der Waals surface area contributed by atoms with Crippen LogP contribution in [0.25, 0.3) is 5.69 Å². The zero-order valence-electron chi connectivity index (χ0n) is 14.1. The van der Waals surface area contributed by atoms with Crippen LogP contribution in [0.5, 0.6) is 0 Å². The fourth-order valence-electron chi connectivity index (χ4n) is 2.20. The third-order valence-corrected chi connectivity index (χ3v) is 4.35. The van der Waals surface area contributed by atoms with Gasteiger partial charge in [-0.05, 0) is 40.8 Å². The summed E-state index contributed by atoms with van der Waals surface area (Å²) < 4.78 is 19.7. The molecule has 1 heterocycles. The predicted molar refractivity (Wildman–Crippen MR) is 96.2 cm³/mol. The van der Waals surface area contributed by atoms with Crippen LogP contribution in [0.1, 0.15) is 10.4 Å². The van der Waals surface area contributed by atoms with Gasteiger partial charge in [0.15, 0.2) is 0 Å². The number of aromatic nitrogens is 4. The van der Waals surface area contributed by atoms with Crippen LogP contribution in [-0.4, -0.2) is 44.9 Å². The quantitative estimate of drug-likeness (QED) is 0.512. The highest BCUT2D eigenvalue weighted by atomic mass is 32.2. The third kappa shape index (κ3) is 4.47. The summed E-state index contributed by atoms with van der Waals surface area (Å²) in [4.78, 5) is 23.7. The molecule has 3 aromatic rings. The minimum Gasteiger partial charge on any atom is -0.465 e. The maximum Gasteiger partial charge on any atom is 0.340 e. The summed E-state index contributed by atoms with van der Waals surface area (Å²) in [5.74, 6) is -1.88. The van der Waals surface area contributed by atoms with Gasteiger partial charge in [-0.2, -0.15) is 4.68 Å². The Morgan fingerprint density at radius 1 is 1.22 bits per heavy atom. The summed E-state index contributed by atoms with van der Waals surface area (Å²) in [6.45, 7) is 0. The zero-order valence-corrected chi connectivity index (χ0v) is 14.9. The van der Waals surface area contributed by atoms with E-state index in [9.17, 15) is 14.0 Å². The van der Waals surface area contributed by atoms with Gasteiger partial charge in [-0.25, -0.2) is 9.18 Å². The fraction of sp³-hybridized carbons (Fsp3) is 0.118. The Hall–Kier alpha value is -3.27. The Balaban J connectivity index is 1.65. The number of anilines is 1. The van der Waals surface area contributed by atoms with E-state index < -0.39 is 11.8 Å². The van der Waals surface area contributed by atoms with Gasteiger partial charge in [0.1, 0.15) is 5.82 Å². The van der Waals surface area contributed by atoms with Gasteiger partial charge in [-0.1, -0.05) is 30.0 Å². The fourth-order valence-corrected chi connectivity index (χ4v) is 2.89. The van der Waals surface area contributed by atoms with Gasteiger partial charge >= 0.3 is 5.97 Å². The number of para-hydroxylation sites is 1. The highest BCUT2D eigenvalue weighted by Gasteiger charge is 2.15. The molecule has 0 atom stereocenters. The SMILES string of the molecule is COC(=O)c1cc(NC(=O)CSc2nnnn2-c2ccccc2)ccc1F. The Kier molecular flexibility index (Phi) is 5.77. The van der Waals surface area contributed by atoms with Crippen LogP contribution in [0.4, 0.5) is 10.1 Å². The number of nitrogens with zero attached hydrogens (tertiary/aromatic N) is 4. The second kappa shape index (κ2) is 8.41. The Morgan fingerprint density at radius 2 is 2.00 bits per heavy atom. The normalized spacial score (nSPS) is 10.4. The second-order valence-electron chi connectivity index (χ2n) is 5.23. The monoisotopic (exact) mass is 387 g/mol. The molecule has 138 valence electrons. The summed E-state index contributed by atoms with van der Waals surface area (Å²) in [5.41, 5.74) is 0.799. The number of hydrogen-bond acceptors (Lipinski definition) is 7. The number of carbonyl (C=O) groups is 2. The molecule has 0 unspecified atom stereocenters. The number of benzene rings is 2. The van der Waals surface area contributed by atoms with Crippen LogP contribution in [-0.2, 0) is 9.53 Å². The lowest BCUT2D eigenvalue weighted by Gasteiger charge is -2.08. The molecule has 0 aliphatic rings. The van der Waals surface area contributed by atoms with E-state index in [0.29, 0.717) is 5.16 Å². The summed E-state index contributed by atoms with van der Waals surface area (Å²) in [6, 6.07) is 12.9. The van der Waals surface area contributed by atoms with Crippen molar-refractivity contribution in [2.45, 2.75) is 5.16 Å². The van der Waals surface area contributed by atoms with Gasteiger partial charge in [0, 0.05) is 5.69 Å². The molecule has 0 saturated heterocycles. The number of esters is 1. The first-order valence-electron chi connectivity index (χ1n) is 7.73. The van der Waals surface area contributed by atoms with Crippen LogP contribution in [0.2, 0.25) is 0 Å². The number of halogens is 1. The third-order valence-electron chi connectivity index (χ3n) is 3.43. The average molecular weight is 387 g/mol. The molecule has 10 heteroatoms. The van der Waals surface area contributed by atoms with E-state index in [1.54, 1.807) is 0 Å². The highest BCUT2D eigenvalue weighted by molar-refractivity contribution is 7.99. The number of carbonyl (C=O) groups excluding carboxylic acids is 2. The molecule has 0 aliphatic carbocycles. The lowest BCUT2D eigenvalue weighted by atomic mass is 10.2. The molecule has 8 nitrogen and oxygen atoms in total. The molecule has 3 rings (SSSR count). The van der Waals surface area contributed by atoms with Crippen LogP contribution < -0.4 is 5.32 Å². The maximum absolute atomic E-state index is 13.6. The van der Waals surface area contributed by atoms with Gasteiger partial charge in [-0.15, -0.1) is 5.10 Å². The topological polar surface area (TPSA) is 99.0 Å². The number of nitrogens with one attached hydrogen (secondary N) is 1. The minimum absolute atomic E-state index is 0.0259. The van der Waals surface area contributed by atoms with E-state index in [-0.39, 0.29) is 22.9 Å². The molecule has 0 radical (unpaired) electrons. The molecular weight excluding hydrogens is 373 g/mol. The van der Waals surface area contributed by atoms with E-state index in [2.05, 4.69) is 25.6 Å². The minimum atomic E-state index is -0.819. The molecule has 0 spiro atoms. The van der Waals surface area contributed by atoms with Crippen molar-refractivity contribution in [2.24, 2.45) is 0 Å². The summed E-state index contributed by atoms with van der Waals surface area (Å²) >= 11 is 1.14. The van der Waals surface area contributed by atoms with Crippen molar-refractivity contribution in [1.29, 1.82) is 0 Å². The van der Waals surface area contributed by atoms with Gasteiger partial charge in [0.05, 0.1) is 24.1 Å². The first kappa shape index (κ1) is 18.5. The van der Waals surface area contributed by atoms with Crippen LogP contribution in [0, 0.1) is 5.82 Å². The molecule has 1 aromatic heterocycles. The van der Waals surface area contributed by atoms with Gasteiger partial charge in [0.25, 0.3) is 0 Å². The molecule has 2 aromatic carbocycles. The first-order valence-corrected chi connectivity index (χ1v) is 8.71. The lowest BCUT2D eigenvalue weighted by Crippen LogP contribution is -2.15. The van der Waals surface area contributed by atoms with Crippen molar-refractivity contribution in [3.05, 3.63) is 59.9 Å². The van der Waals surface area contributed by atoms with E-state index in [1.807, 2.05) is 30.3 Å². The molecular formula is C17H14FN5O3S. The molecule has 0 bridgehead atoms. The summed E-state index contributed by atoms with van der Waals surface area (Å²) in [6.07, 6.45) is 0. The van der Waals surface area contributed by atoms with Crippen molar-refractivity contribution in [3.63, 3.8) is 0 Å². The lowest BCUT2D eigenvalue weighted by molar-refractivity contribution is -0.113. The van der Waals surface area contributed by atoms with E-state index in [4.69, 9.17) is 0 Å². The van der Waals surface area contributed by atoms with Crippen molar-refractivity contribution >= 4 is 29.3 Å². The molecule has 1 N–H and O–H groups in total. The van der Waals surface area contributed by atoms with Gasteiger partial charge in [-0.3, -0.25) is 4.79 Å². The maximum atomic E-state index is 13.6. The Labute approximate surface area is 157 Å². The molecule has 0 saturated carbocycles. The second-order valence-corrected chi connectivity index (χ2v) is 6.17. The molecule has 0 fully saturated rings. The molecule has 1 amide bonds. The number of thioether (sulfide) groups is 1. The number of ether oxygens (including phenoxy) is 1. The number of rotatable bonds is 6. The first-order chi connectivity index (χ1) is 13.1. The Bertz CT molecular complexity index is 964. The molecule has 27 heavy (non-hydrogen) atoms. The summed E-state index contributed by atoms with van der Waals surface area (Å²) in [7, 11) is 1.15. The van der Waals surface area contributed by atoms with Crippen molar-refractivity contribution in [2.75, 3.05) is 18.2 Å². The average Bonchev–Trinajstić information content (AvgIpc) is 3.16. The number of tetrazole rings is 1. The van der Waals surface area contributed by atoms with Crippen molar-refractivity contribution < 1.29 is 18.7 Å². The van der Waals surface area contributed by atoms with E-state index >= 15 is 0 Å². The van der Waals surface area contributed by atoms with Crippen molar-refractivity contribution in [3.8, 4) is 5.69 Å². The van der Waals surface area contributed by atoms with Crippen molar-refractivity contribution in [1.82, 2.24) is 20.2 Å². The number of amides is 1. The number of methoxy groups -OCH3 is 1. The largest absolute Gasteiger partial charge is 0.465 e. The van der Waals surface area contributed by atoms with Gasteiger partial charge < -0.3 is 10.1 Å². The van der Waals surface area contributed by atoms with E-state index in [1.165, 1.54) is 16.8 Å². The zero-order chi connectivity index (χ0) is 19.2. The van der Waals surface area contributed by atoms with Crippen LogP contribution in [0.15, 0.2) is 53.7 Å². The number of hydrogen-bond donors (Lipinski definition) is 1. The van der Waals surface area contributed by atoms with Crippen LogP contribution in [0.3, 0.4) is 0 Å². The predicted octanol–water partition coefficient (Wildman–Crippen LogP) is 2.32. The van der Waals surface area contributed by atoms with Gasteiger partial charge in [0.2, 0.25) is 11.1 Å². The Morgan fingerprint density at radius 3 is 2.74 bits per heavy atom. The highest BCUT2D eigenvalue weighted by Crippen LogP contribution is 2.19. The van der Waals surface area contributed by atoms with Crippen LogP contribution >= 0.6 is 11.8 Å². The standard InChI is InChI=1S/C17H14FN5O3S/c1-26-16(25)13-9-11(7-8-14(13)18)19-15(24)10-27-17-20-21-22-23(17)12-5-3-2-4-6-12/h2-9H,10H2,1H3,(H,19,24). The van der Waals surface area contributed by atoms with E-state index in [0.717, 1.165) is 30.6 Å².